The van der Waals surface area contributed by atoms with E-state index in [1.165, 1.54) is 6.42 Å². The standard InChI is InChI=1S/C18H23ClN4O2.ClH/c19-15-2-1-13(23-10-7-21-17(23)25)11-14(15)16(24)22-8-4-18(5-9-22)3-6-20-12-18;/h1-2,11,20H,3-10,12H2,(H,21,25);1H. The quantitative estimate of drug-likeness (QED) is 0.804. The third-order valence-electron chi connectivity index (χ3n) is 5.79. The van der Waals surface area contributed by atoms with Crippen LogP contribution in [0.15, 0.2) is 18.2 Å². The maximum atomic E-state index is 13.0. The largest absolute Gasteiger partial charge is 0.339 e. The number of rotatable bonds is 2. The van der Waals surface area contributed by atoms with Crippen LogP contribution in [0.1, 0.15) is 29.6 Å². The highest BCUT2D eigenvalue weighted by molar-refractivity contribution is 6.34. The van der Waals surface area contributed by atoms with E-state index in [2.05, 4.69) is 10.6 Å². The van der Waals surface area contributed by atoms with Gasteiger partial charge in [0.2, 0.25) is 0 Å². The first kappa shape index (κ1) is 19.3. The number of anilines is 1. The highest BCUT2D eigenvalue weighted by Crippen LogP contribution is 2.37. The van der Waals surface area contributed by atoms with Crippen LogP contribution < -0.4 is 15.5 Å². The molecule has 0 aromatic heterocycles. The van der Waals surface area contributed by atoms with Gasteiger partial charge in [0, 0.05) is 38.4 Å². The molecule has 1 aromatic rings. The van der Waals surface area contributed by atoms with Crippen LogP contribution in [0.3, 0.4) is 0 Å². The van der Waals surface area contributed by atoms with Crippen molar-refractivity contribution in [3.05, 3.63) is 28.8 Å². The lowest BCUT2D eigenvalue weighted by molar-refractivity contribution is 0.0608. The van der Waals surface area contributed by atoms with Gasteiger partial charge in [-0.25, -0.2) is 4.79 Å². The molecule has 26 heavy (non-hydrogen) atoms. The van der Waals surface area contributed by atoms with Crippen molar-refractivity contribution in [2.45, 2.75) is 19.3 Å². The van der Waals surface area contributed by atoms with Gasteiger partial charge >= 0.3 is 6.03 Å². The monoisotopic (exact) mass is 398 g/mol. The second-order valence-electron chi connectivity index (χ2n) is 7.27. The fraction of sp³-hybridized carbons (Fsp3) is 0.556. The molecule has 8 heteroatoms. The molecule has 3 fully saturated rings. The molecule has 0 radical (unpaired) electrons. The van der Waals surface area contributed by atoms with Crippen molar-refractivity contribution < 1.29 is 9.59 Å². The Kier molecular flexibility index (Phi) is 5.65. The van der Waals surface area contributed by atoms with Gasteiger partial charge in [-0.1, -0.05) is 11.6 Å². The van der Waals surface area contributed by atoms with E-state index in [0.717, 1.165) is 44.7 Å². The van der Waals surface area contributed by atoms with Gasteiger partial charge in [0.05, 0.1) is 10.6 Å². The summed E-state index contributed by atoms with van der Waals surface area (Å²) in [4.78, 5) is 28.4. The lowest BCUT2D eigenvalue weighted by Gasteiger charge is -2.39. The number of amides is 3. The van der Waals surface area contributed by atoms with Crippen LogP contribution in [0.2, 0.25) is 5.02 Å². The molecule has 3 heterocycles. The number of carbonyl (C=O) groups excluding carboxylic acids is 2. The van der Waals surface area contributed by atoms with Gasteiger partial charge in [-0.15, -0.1) is 12.4 Å². The molecule has 0 bridgehead atoms. The molecule has 0 aliphatic carbocycles. The Labute approximate surface area is 164 Å². The van der Waals surface area contributed by atoms with Gasteiger partial charge in [-0.05, 0) is 49.4 Å². The van der Waals surface area contributed by atoms with E-state index in [4.69, 9.17) is 11.6 Å². The van der Waals surface area contributed by atoms with Gasteiger partial charge in [0.15, 0.2) is 0 Å². The lowest BCUT2D eigenvalue weighted by atomic mass is 9.78. The smallest absolute Gasteiger partial charge is 0.321 e. The normalized spacial score (nSPS) is 21.7. The summed E-state index contributed by atoms with van der Waals surface area (Å²) < 4.78 is 0. The Morgan fingerprint density at radius 1 is 1.12 bits per heavy atom. The van der Waals surface area contributed by atoms with Crippen LogP contribution in [-0.2, 0) is 0 Å². The van der Waals surface area contributed by atoms with Gasteiger partial charge < -0.3 is 15.5 Å². The van der Waals surface area contributed by atoms with Crippen LogP contribution in [0.25, 0.3) is 0 Å². The number of nitrogens with one attached hydrogen (secondary N) is 2. The topological polar surface area (TPSA) is 64.7 Å². The first-order valence-electron chi connectivity index (χ1n) is 8.93. The van der Waals surface area contributed by atoms with Crippen molar-refractivity contribution in [3.63, 3.8) is 0 Å². The third kappa shape index (κ3) is 3.50. The summed E-state index contributed by atoms with van der Waals surface area (Å²) in [6, 6.07) is 5.12. The van der Waals surface area contributed by atoms with Crippen LogP contribution in [-0.4, -0.2) is 56.1 Å². The SMILES string of the molecule is Cl.O=C(c1cc(N2CCNC2=O)ccc1Cl)N1CCC2(CCNC2)CC1. The predicted molar refractivity (Wildman–Crippen MR) is 105 cm³/mol. The van der Waals surface area contributed by atoms with Crippen molar-refractivity contribution in [2.75, 3.05) is 44.2 Å². The number of piperidine rings is 1. The number of urea groups is 1. The maximum absolute atomic E-state index is 13.0. The van der Waals surface area contributed by atoms with Crippen LogP contribution >= 0.6 is 24.0 Å². The first-order valence-corrected chi connectivity index (χ1v) is 9.31. The van der Waals surface area contributed by atoms with E-state index in [9.17, 15) is 9.59 Å². The highest BCUT2D eigenvalue weighted by atomic mass is 35.5. The molecule has 3 amide bonds. The molecule has 0 saturated carbocycles. The fourth-order valence-electron chi connectivity index (χ4n) is 4.14. The second kappa shape index (κ2) is 7.62. The summed E-state index contributed by atoms with van der Waals surface area (Å²) in [7, 11) is 0. The zero-order chi connectivity index (χ0) is 17.4. The van der Waals surface area contributed by atoms with Crippen LogP contribution in [0.5, 0.6) is 0 Å². The van der Waals surface area contributed by atoms with Crippen molar-refractivity contribution in [1.82, 2.24) is 15.5 Å². The van der Waals surface area contributed by atoms with Gasteiger partial charge in [0.1, 0.15) is 0 Å². The molecule has 6 nitrogen and oxygen atoms in total. The molecule has 3 aliphatic heterocycles. The van der Waals surface area contributed by atoms with Gasteiger partial charge in [-0.2, -0.15) is 0 Å². The zero-order valence-electron chi connectivity index (χ0n) is 14.6. The minimum atomic E-state index is -0.130. The summed E-state index contributed by atoms with van der Waals surface area (Å²) in [6.45, 7) is 4.91. The molecule has 4 rings (SSSR count). The van der Waals surface area contributed by atoms with E-state index in [-0.39, 0.29) is 24.3 Å². The molecule has 1 spiro atoms. The molecule has 142 valence electrons. The highest BCUT2D eigenvalue weighted by Gasteiger charge is 2.38. The number of hydrogen-bond acceptors (Lipinski definition) is 3. The van der Waals surface area contributed by atoms with E-state index >= 15 is 0 Å². The molecule has 0 unspecified atom stereocenters. The number of hydrogen-bond donors (Lipinski definition) is 2. The molecule has 3 saturated heterocycles. The first-order chi connectivity index (χ1) is 12.1. The fourth-order valence-corrected chi connectivity index (χ4v) is 4.34. The minimum Gasteiger partial charge on any atom is -0.339 e. The number of halogens is 2. The average Bonchev–Trinajstić information content (AvgIpc) is 3.25. The molecular weight excluding hydrogens is 375 g/mol. The van der Waals surface area contributed by atoms with E-state index in [0.29, 0.717) is 29.1 Å². The van der Waals surface area contributed by atoms with Gasteiger partial charge in [-0.3, -0.25) is 9.69 Å². The number of carbonyl (C=O) groups is 2. The van der Waals surface area contributed by atoms with Gasteiger partial charge in [0.25, 0.3) is 5.91 Å². The van der Waals surface area contributed by atoms with E-state index in [1.807, 2.05) is 4.90 Å². The Hall–Kier alpha value is -1.50. The van der Waals surface area contributed by atoms with Crippen molar-refractivity contribution >= 4 is 41.6 Å². The Morgan fingerprint density at radius 3 is 2.50 bits per heavy atom. The Balaban J connectivity index is 0.00000196. The summed E-state index contributed by atoms with van der Waals surface area (Å²) in [5.74, 6) is -0.0349. The van der Waals surface area contributed by atoms with E-state index < -0.39 is 0 Å². The Morgan fingerprint density at radius 2 is 1.88 bits per heavy atom. The van der Waals surface area contributed by atoms with Crippen LogP contribution in [0, 0.1) is 5.41 Å². The maximum Gasteiger partial charge on any atom is 0.321 e. The summed E-state index contributed by atoms with van der Waals surface area (Å²) in [5, 5.41) is 6.66. The molecule has 0 atom stereocenters. The number of likely N-dealkylation sites (tertiary alicyclic amines) is 1. The summed E-state index contributed by atoms with van der Waals surface area (Å²) in [6.07, 6.45) is 3.28. The minimum absolute atomic E-state index is 0. The van der Waals surface area contributed by atoms with Crippen molar-refractivity contribution in [1.29, 1.82) is 0 Å². The average molecular weight is 399 g/mol. The summed E-state index contributed by atoms with van der Waals surface area (Å²) in [5.41, 5.74) is 1.58. The second-order valence-corrected chi connectivity index (χ2v) is 7.67. The number of benzene rings is 1. The summed E-state index contributed by atoms with van der Waals surface area (Å²) >= 11 is 6.30. The molecular formula is C18H24Cl2N4O2. The third-order valence-corrected chi connectivity index (χ3v) is 6.12. The van der Waals surface area contributed by atoms with Crippen molar-refractivity contribution in [3.8, 4) is 0 Å². The lowest BCUT2D eigenvalue weighted by Crippen LogP contribution is -2.44. The van der Waals surface area contributed by atoms with E-state index in [1.54, 1.807) is 23.1 Å². The van der Waals surface area contributed by atoms with Crippen molar-refractivity contribution in [2.24, 2.45) is 5.41 Å². The molecule has 2 N–H and O–H groups in total. The predicted octanol–water partition coefficient (Wildman–Crippen LogP) is 2.51. The number of nitrogens with zero attached hydrogens (tertiary/aromatic N) is 2. The molecule has 1 aromatic carbocycles. The zero-order valence-corrected chi connectivity index (χ0v) is 16.2. The Bertz CT molecular complexity index is 696. The van der Waals surface area contributed by atoms with Crippen LogP contribution in [0.4, 0.5) is 10.5 Å². The molecule has 3 aliphatic rings.